The number of hydrogen-bond donors (Lipinski definition) is 1. The highest BCUT2D eigenvalue weighted by atomic mass is 35.5. The Hall–Kier alpha value is -1.71. The first-order chi connectivity index (χ1) is 11.3. The lowest BCUT2D eigenvalue weighted by Crippen LogP contribution is -2.03. The van der Waals surface area contributed by atoms with Crippen LogP contribution in [0.4, 0.5) is 5.69 Å². The third-order valence-corrected chi connectivity index (χ3v) is 5.89. The Kier molecular flexibility index (Phi) is 3.92. The molecule has 1 N–H and O–H groups in total. The molecule has 118 valence electrons. The van der Waals surface area contributed by atoms with Crippen LogP contribution in [0.5, 0.6) is 5.75 Å². The molecule has 3 aromatic rings. The lowest BCUT2D eigenvalue weighted by Gasteiger charge is -2.13. The topological polar surface area (TPSA) is 21.3 Å². The number of aryl methyl sites for hydroxylation is 1. The van der Waals surface area contributed by atoms with Gasteiger partial charge in [-0.15, -0.1) is 22.9 Å². The van der Waals surface area contributed by atoms with E-state index in [1.807, 2.05) is 18.2 Å². The van der Waals surface area contributed by atoms with E-state index in [1.54, 1.807) is 11.3 Å². The summed E-state index contributed by atoms with van der Waals surface area (Å²) in [6.45, 7) is 3.67. The van der Waals surface area contributed by atoms with Crippen molar-refractivity contribution in [2.24, 2.45) is 0 Å². The van der Waals surface area contributed by atoms with Crippen molar-refractivity contribution in [1.82, 2.24) is 0 Å². The van der Waals surface area contributed by atoms with Gasteiger partial charge in [0.1, 0.15) is 12.4 Å². The molecule has 1 aromatic heterocycles. The summed E-state index contributed by atoms with van der Waals surface area (Å²) in [4.78, 5) is 0. The molecular formula is C19H18ClNOS. The molecule has 0 saturated carbocycles. The van der Waals surface area contributed by atoms with Crippen molar-refractivity contribution in [2.45, 2.75) is 19.4 Å². The molecular weight excluding hydrogens is 326 g/mol. The number of thiophene rings is 1. The Morgan fingerprint density at radius 1 is 1.30 bits per heavy atom. The van der Waals surface area contributed by atoms with Crippen molar-refractivity contribution in [2.75, 3.05) is 17.7 Å². The standard InChI is InChI=1S/C19H18ClNOS/c1-12-11-23-19-16(22-10-13-5-3-2-4-6-13)7-15-18(17(12)19)14(8-20)9-21-15/h2-7,11,14,21H,8-10H2,1H3/t14-/m0/s1. The number of hydrogen-bond acceptors (Lipinski definition) is 3. The summed E-state index contributed by atoms with van der Waals surface area (Å²) in [5, 5.41) is 7.03. The highest BCUT2D eigenvalue weighted by Crippen LogP contribution is 2.46. The van der Waals surface area contributed by atoms with Gasteiger partial charge in [-0.3, -0.25) is 0 Å². The predicted octanol–water partition coefficient (Wildman–Crippen LogP) is 5.54. The van der Waals surface area contributed by atoms with E-state index >= 15 is 0 Å². The SMILES string of the molecule is Cc1csc2c(OCc3ccccc3)cc3c(c12)[C@@H](CCl)CN3. The van der Waals surface area contributed by atoms with Crippen molar-refractivity contribution < 1.29 is 4.74 Å². The summed E-state index contributed by atoms with van der Waals surface area (Å²) in [6.07, 6.45) is 0. The molecule has 4 heteroatoms. The maximum Gasteiger partial charge on any atom is 0.139 e. The Bertz CT molecular complexity index is 843. The summed E-state index contributed by atoms with van der Waals surface area (Å²) >= 11 is 7.93. The fourth-order valence-corrected chi connectivity index (χ4v) is 4.55. The van der Waals surface area contributed by atoms with E-state index in [0.29, 0.717) is 18.4 Å². The number of ether oxygens (including phenoxy) is 1. The molecule has 0 fully saturated rings. The maximum atomic E-state index is 6.17. The number of halogens is 1. The van der Waals surface area contributed by atoms with Gasteiger partial charge in [-0.1, -0.05) is 30.3 Å². The molecule has 2 heterocycles. The minimum Gasteiger partial charge on any atom is -0.487 e. The number of benzene rings is 2. The molecule has 2 aromatic carbocycles. The van der Waals surface area contributed by atoms with Crippen molar-refractivity contribution in [3.63, 3.8) is 0 Å². The second-order valence-corrected chi connectivity index (χ2v) is 7.15. The Balaban J connectivity index is 1.75. The zero-order chi connectivity index (χ0) is 15.8. The first-order valence-electron chi connectivity index (χ1n) is 7.79. The summed E-state index contributed by atoms with van der Waals surface area (Å²) in [5.74, 6) is 1.99. The minimum atomic E-state index is 0.380. The van der Waals surface area contributed by atoms with E-state index in [1.165, 1.54) is 32.5 Å². The van der Waals surface area contributed by atoms with Crippen molar-refractivity contribution in [3.8, 4) is 5.75 Å². The average Bonchev–Trinajstić information content (AvgIpc) is 3.17. The second-order valence-electron chi connectivity index (χ2n) is 5.97. The van der Waals surface area contributed by atoms with Crippen LogP contribution in [-0.2, 0) is 6.61 Å². The number of nitrogens with one attached hydrogen (secondary N) is 1. The van der Waals surface area contributed by atoms with Crippen LogP contribution in [0.2, 0.25) is 0 Å². The molecule has 0 bridgehead atoms. The Labute approximate surface area is 145 Å². The number of rotatable bonds is 4. The van der Waals surface area contributed by atoms with Crippen LogP contribution in [0.25, 0.3) is 10.1 Å². The van der Waals surface area contributed by atoms with Gasteiger partial charge in [0.25, 0.3) is 0 Å². The van der Waals surface area contributed by atoms with Gasteiger partial charge in [0.2, 0.25) is 0 Å². The lowest BCUT2D eigenvalue weighted by molar-refractivity contribution is 0.310. The third kappa shape index (κ3) is 2.58. The maximum absolute atomic E-state index is 6.17. The minimum absolute atomic E-state index is 0.380. The van der Waals surface area contributed by atoms with Crippen LogP contribution >= 0.6 is 22.9 Å². The van der Waals surface area contributed by atoms with Crippen LogP contribution in [0.3, 0.4) is 0 Å². The molecule has 1 atom stereocenters. The molecule has 0 radical (unpaired) electrons. The molecule has 2 nitrogen and oxygen atoms in total. The van der Waals surface area contributed by atoms with Crippen LogP contribution in [0, 0.1) is 6.92 Å². The van der Waals surface area contributed by atoms with Gasteiger partial charge >= 0.3 is 0 Å². The molecule has 0 saturated heterocycles. The van der Waals surface area contributed by atoms with E-state index < -0.39 is 0 Å². The van der Waals surface area contributed by atoms with Gasteiger partial charge in [0.15, 0.2) is 0 Å². The largest absolute Gasteiger partial charge is 0.487 e. The van der Waals surface area contributed by atoms with E-state index in [0.717, 1.165) is 12.3 Å². The van der Waals surface area contributed by atoms with Crippen molar-refractivity contribution in [1.29, 1.82) is 0 Å². The van der Waals surface area contributed by atoms with Crippen LogP contribution < -0.4 is 10.1 Å². The van der Waals surface area contributed by atoms with Crippen LogP contribution in [0.1, 0.15) is 22.6 Å². The fourth-order valence-electron chi connectivity index (χ4n) is 3.25. The number of fused-ring (bicyclic) bond motifs is 3. The lowest BCUT2D eigenvalue weighted by atomic mass is 9.97. The highest BCUT2D eigenvalue weighted by Gasteiger charge is 2.27. The van der Waals surface area contributed by atoms with Gasteiger partial charge in [-0.25, -0.2) is 0 Å². The highest BCUT2D eigenvalue weighted by molar-refractivity contribution is 7.17. The molecule has 0 aliphatic carbocycles. The number of anilines is 1. The van der Waals surface area contributed by atoms with Gasteiger partial charge < -0.3 is 10.1 Å². The molecule has 4 rings (SSSR count). The first kappa shape index (κ1) is 14.9. The molecule has 0 spiro atoms. The first-order valence-corrected chi connectivity index (χ1v) is 9.20. The van der Waals surface area contributed by atoms with E-state index in [-0.39, 0.29) is 0 Å². The molecule has 23 heavy (non-hydrogen) atoms. The molecule has 1 aliphatic rings. The van der Waals surface area contributed by atoms with Crippen LogP contribution in [0.15, 0.2) is 41.8 Å². The number of alkyl halides is 1. The van der Waals surface area contributed by atoms with E-state index in [9.17, 15) is 0 Å². The quantitative estimate of drug-likeness (QED) is 0.628. The van der Waals surface area contributed by atoms with Crippen molar-refractivity contribution >= 4 is 38.7 Å². The summed E-state index contributed by atoms with van der Waals surface area (Å²) in [7, 11) is 0. The summed E-state index contributed by atoms with van der Waals surface area (Å²) < 4.78 is 7.38. The van der Waals surface area contributed by atoms with E-state index in [4.69, 9.17) is 16.3 Å². The Morgan fingerprint density at radius 2 is 2.13 bits per heavy atom. The third-order valence-electron chi connectivity index (χ3n) is 4.40. The van der Waals surface area contributed by atoms with E-state index in [2.05, 4.69) is 35.8 Å². The normalized spacial score (nSPS) is 16.3. The van der Waals surface area contributed by atoms with Gasteiger partial charge in [-0.2, -0.15) is 0 Å². The fraction of sp³-hybridized carbons (Fsp3) is 0.263. The zero-order valence-corrected chi connectivity index (χ0v) is 14.5. The average molecular weight is 344 g/mol. The Morgan fingerprint density at radius 3 is 2.91 bits per heavy atom. The molecule has 0 unspecified atom stereocenters. The second kappa shape index (κ2) is 6.06. The summed E-state index contributed by atoms with van der Waals surface area (Å²) in [6, 6.07) is 12.4. The smallest absolute Gasteiger partial charge is 0.139 e. The monoisotopic (exact) mass is 343 g/mol. The van der Waals surface area contributed by atoms with Crippen molar-refractivity contribution in [3.05, 3.63) is 58.5 Å². The summed E-state index contributed by atoms with van der Waals surface area (Å²) in [5.41, 5.74) is 5.03. The molecule has 1 aliphatic heterocycles. The predicted molar refractivity (Wildman–Crippen MR) is 99.3 cm³/mol. The van der Waals surface area contributed by atoms with Gasteiger partial charge in [0, 0.05) is 35.5 Å². The van der Waals surface area contributed by atoms with Gasteiger partial charge in [-0.05, 0) is 29.0 Å². The van der Waals surface area contributed by atoms with Crippen LogP contribution in [-0.4, -0.2) is 12.4 Å². The molecule has 0 amide bonds. The van der Waals surface area contributed by atoms with Gasteiger partial charge in [0.05, 0.1) is 4.70 Å². The zero-order valence-electron chi connectivity index (χ0n) is 12.9.